The van der Waals surface area contributed by atoms with Crippen LogP contribution in [-0.4, -0.2) is 46.2 Å². The first-order chi connectivity index (χ1) is 18.4. The highest BCUT2D eigenvalue weighted by molar-refractivity contribution is 7.10. The fraction of sp³-hybridized carbons (Fsp3) is 0.531. The summed E-state index contributed by atoms with van der Waals surface area (Å²) in [5.74, 6) is -2.81. The number of rotatable bonds is 11. The van der Waals surface area contributed by atoms with E-state index < -0.39 is 40.6 Å². The van der Waals surface area contributed by atoms with E-state index in [9.17, 15) is 14.4 Å². The summed E-state index contributed by atoms with van der Waals surface area (Å²) < 4.78 is 16.8. The molecule has 220 valence electrons. The van der Waals surface area contributed by atoms with Crippen molar-refractivity contribution in [2.75, 3.05) is 6.54 Å². The Bertz CT molecular complexity index is 1090. The van der Waals surface area contributed by atoms with E-state index in [2.05, 4.69) is 4.90 Å². The Morgan fingerprint density at radius 2 is 1.35 bits per heavy atom. The zero-order valence-corrected chi connectivity index (χ0v) is 26.2. The molecule has 0 N–H and O–H groups in total. The van der Waals surface area contributed by atoms with Crippen molar-refractivity contribution in [3.05, 3.63) is 70.4 Å². The summed E-state index contributed by atoms with van der Waals surface area (Å²) in [5, 5.41) is 1.97. The van der Waals surface area contributed by atoms with Crippen molar-refractivity contribution in [2.24, 2.45) is 5.92 Å². The first-order valence-electron chi connectivity index (χ1n) is 13.6. The second kappa shape index (κ2) is 14.1. The van der Waals surface area contributed by atoms with Crippen LogP contribution in [0.25, 0.3) is 0 Å². The van der Waals surface area contributed by atoms with Crippen molar-refractivity contribution in [2.45, 2.75) is 98.1 Å². The fourth-order valence-corrected chi connectivity index (χ4v) is 4.80. The third kappa shape index (κ3) is 12.5. The number of carbonyl (C=O) groups excluding carboxylic acids is 3. The van der Waals surface area contributed by atoms with Gasteiger partial charge in [-0.3, -0.25) is 14.5 Å². The van der Waals surface area contributed by atoms with Gasteiger partial charge in [-0.1, -0.05) is 42.5 Å². The van der Waals surface area contributed by atoms with Gasteiger partial charge < -0.3 is 14.2 Å². The summed E-state index contributed by atoms with van der Waals surface area (Å²) in [4.78, 5) is 42.3. The number of ether oxygens (including phenoxy) is 3. The van der Waals surface area contributed by atoms with Crippen LogP contribution in [0.3, 0.4) is 0 Å². The van der Waals surface area contributed by atoms with Crippen molar-refractivity contribution in [3.63, 3.8) is 0 Å². The molecule has 0 amide bonds. The van der Waals surface area contributed by atoms with Gasteiger partial charge in [0.1, 0.15) is 16.8 Å². The molecule has 0 spiro atoms. The Labute approximate surface area is 243 Å². The molecule has 0 fully saturated rings. The summed E-state index contributed by atoms with van der Waals surface area (Å²) in [6.45, 7) is 17.0. The number of thiophene rings is 1. The lowest BCUT2D eigenvalue weighted by molar-refractivity contribution is -0.175. The number of carbonyl (C=O) groups is 3. The average molecular weight is 572 g/mol. The smallest absolute Gasteiger partial charge is 0.330 e. The van der Waals surface area contributed by atoms with Crippen LogP contribution in [0.2, 0.25) is 0 Å². The highest BCUT2D eigenvalue weighted by atomic mass is 32.1. The van der Waals surface area contributed by atoms with Gasteiger partial charge in [-0.2, -0.15) is 0 Å². The first-order valence-corrected chi connectivity index (χ1v) is 14.5. The van der Waals surface area contributed by atoms with Crippen molar-refractivity contribution in [1.29, 1.82) is 0 Å². The quantitative estimate of drug-likeness (QED) is 0.126. The molecular formula is C32H45NO6S. The van der Waals surface area contributed by atoms with Crippen LogP contribution in [0.4, 0.5) is 0 Å². The lowest BCUT2D eigenvalue weighted by Gasteiger charge is -2.33. The topological polar surface area (TPSA) is 82.1 Å². The predicted molar refractivity (Wildman–Crippen MR) is 159 cm³/mol. The van der Waals surface area contributed by atoms with Crippen LogP contribution in [0.15, 0.2) is 60.0 Å². The fourth-order valence-electron chi connectivity index (χ4n) is 3.92. The van der Waals surface area contributed by atoms with Gasteiger partial charge in [0, 0.05) is 30.1 Å². The van der Waals surface area contributed by atoms with Crippen LogP contribution in [0.5, 0.6) is 0 Å². The molecular weight excluding hydrogens is 526 g/mol. The maximum atomic E-state index is 13.4. The molecule has 7 nitrogen and oxygen atoms in total. The maximum absolute atomic E-state index is 13.4. The van der Waals surface area contributed by atoms with E-state index in [0.29, 0.717) is 13.1 Å². The molecule has 8 heteroatoms. The first kappa shape index (κ1) is 33.2. The third-order valence-corrected chi connectivity index (χ3v) is 6.36. The number of esters is 3. The zero-order chi connectivity index (χ0) is 30.1. The molecule has 1 aromatic heterocycles. The highest BCUT2D eigenvalue weighted by Crippen LogP contribution is 2.34. The second-order valence-electron chi connectivity index (χ2n) is 12.7. The molecule has 0 radical (unpaired) electrons. The Balaban J connectivity index is 2.48. The molecule has 0 aliphatic rings. The van der Waals surface area contributed by atoms with Gasteiger partial charge in [-0.15, -0.1) is 11.3 Å². The Kier molecular flexibility index (Phi) is 11.7. The van der Waals surface area contributed by atoms with Gasteiger partial charge in [-0.05, 0) is 85.7 Å². The number of hydrogen-bond acceptors (Lipinski definition) is 8. The molecule has 1 unspecified atom stereocenters. The molecule has 1 aromatic carbocycles. The van der Waals surface area contributed by atoms with Gasteiger partial charge in [0.2, 0.25) is 0 Å². The minimum atomic E-state index is -1.14. The van der Waals surface area contributed by atoms with E-state index in [1.165, 1.54) is 6.08 Å². The summed E-state index contributed by atoms with van der Waals surface area (Å²) in [6.07, 6.45) is 3.33. The summed E-state index contributed by atoms with van der Waals surface area (Å²) in [6, 6.07) is 13.5. The largest absolute Gasteiger partial charge is 0.459 e. The van der Waals surface area contributed by atoms with Crippen LogP contribution in [0.1, 0.15) is 85.2 Å². The standard InChI is InChI=1S/C32H45NO6S/c1-30(2,3)37-27(34)18-13-19-33(22-23-15-11-10-12-16-23)25(26-17-14-20-40-26)21-24(28(35)38-31(4,5)6)29(36)39-32(7,8)9/h10-18,20,24-25H,19,21-22H2,1-9H3/b18-13+. The SMILES string of the molecule is CC(C)(C)OC(=O)/C=C/CN(Cc1ccccc1)C(CC(C(=O)OC(C)(C)C)C(=O)OC(C)(C)C)c1cccs1. The van der Waals surface area contributed by atoms with Crippen LogP contribution in [0, 0.1) is 5.92 Å². The molecule has 1 atom stereocenters. The molecule has 0 aliphatic heterocycles. The van der Waals surface area contributed by atoms with Crippen molar-refractivity contribution >= 4 is 29.2 Å². The summed E-state index contributed by atoms with van der Waals surface area (Å²) >= 11 is 1.55. The minimum absolute atomic E-state index is 0.150. The molecule has 0 bridgehead atoms. The second-order valence-corrected chi connectivity index (χ2v) is 13.7. The lowest BCUT2D eigenvalue weighted by atomic mass is 9.96. The van der Waals surface area contributed by atoms with E-state index >= 15 is 0 Å². The zero-order valence-electron chi connectivity index (χ0n) is 25.4. The van der Waals surface area contributed by atoms with Crippen LogP contribution < -0.4 is 0 Å². The molecule has 2 aromatic rings. The number of nitrogens with zero attached hydrogens (tertiary/aromatic N) is 1. The van der Waals surface area contributed by atoms with Crippen LogP contribution >= 0.6 is 11.3 Å². The van der Waals surface area contributed by atoms with Gasteiger partial charge in [-0.25, -0.2) is 4.79 Å². The van der Waals surface area contributed by atoms with Gasteiger partial charge in [0.25, 0.3) is 0 Å². The van der Waals surface area contributed by atoms with Crippen LogP contribution in [-0.2, 0) is 35.1 Å². The minimum Gasteiger partial charge on any atom is -0.459 e. The highest BCUT2D eigenvalue weighted by Gasteiger charge is 2.38. The summed E-state index contributed by atoms with van der Waals surface area (Å²) in [5.41, 5.74) is -1.08. The summed E-state index contributed by atoms with van der Waals surface area (Å²) in [7, 11) is 0. The molecule has 40 heavy (non-hydrogen) atoms. The lowest BCUT2D eigenvalue weighted by Crippen LogP contribution is -2.40. The van der Waals surface area contributed by atoms with E-state index in [4.69, 9.17) is 14.2 Å². The van der Waals surface area contributed by atoms with Crippen molar-refractivity contribution < 1.29 is 28.6 Å². The molecule has 0 saturated carbocycles. The third-order valence-electron chi connectivity index (χ3n) is 5.38. The van der Waals surface area contributed by atoms with Gasteiger partial charge in [0.05, 0.1) is 0 Å². The van der Waals surface area contributed by atoms with E-state index in [1.54, 1.807) is 59.0 Å². The monoisotopic (exact) mass is 571 g/mol. The van der Waals surface area contributed by atoms with Crippen molar-refractivity contribution in [1.82, 2.24) is 4.90 Å². The Morgan fingerprint density at radius 3 is 1.82 bits per heavy atom. The van der Waals surface area contributed by atoms with E-state index in [0.717, 1.165) is 10.4 Å². The van der Waals surface area contributed by atoms with E-state index in [-0.39, 0.29) is 12.5 Å². The number of hydrogen-bond donors (Lipinski definition) is 0. The molecule has 1 heterocycles. The Hall–Kier alpha value is -2.97. The molecule has 0 saturated heterocycles. The average Bonchev–Trinajstić information content (AvgIpc) is 3.30. The van der Waals surface area contributed by atoms with Gasteiger partial charge >= 0.3 is 17.9 Å². The van der Waals surface area contributed by atoms with Crippen molar-refractivity contribution in [3.8, 4) is 0 Å². The Morgan fingerprint density at radius 1 is 0.800 bits per heavy atom. The molecule has 2 rings (SSSR count). The maximum Gasteiger partial charge on any atom is 0.330 e. The van der Waals surface area contributed by atoms with Gasteiger partial charge in [0.15, 0.2) is 5.92 Å². The number of benzene rings is 1. The predicted octanol–water partition coefficient (Wildman–Crippen LogP) is 6.88. The normalized spacial score (nSPS) is 13.5. The molecule has 0 aliphatic carbocycles. The van der Waals surface area contributed by atoms with E-state index in [1.807, 2.05) is 68.6 Å².